The third kappa shape index (κ3) is 3.09. The second-order valence-electron chi connectivity index (χ2n) is 4.58. The molecule has 0 radical (unpaired) electrons. The number of halogens is 1. The van der Waals surface area contributed by atoms with Crippen molar-refractivity contribution in [3.63, 3.8) is 0 Å². The van der Waals surface area contributed by atoms with Crippen LogP contribution in [0.25, 0.3) is 0 Å². The summed E-state index contributed by atoms with van der Waals surface area (Å²) in [5.74, 6) is 0.326. The molecule has 1 heterocycles. The van der Waals surface area contributed by atoms with Crippen LogP contribution in [0.2, 0.25) is 5.02 Å². The van der Waals surface area contributed by atoms with Crippen molar-refractivity contribution in [1.29, 1.82) is 0 Å². The second kappa shape index (κ2) is 5.98. The maximum Gasteiger partial charge on any atom is 0.0621 e. The van der Waals surface area contributed by atoms with Crippen molar-refractivity contribution < 1.29 is 0 Å². The Labute approximate surface area is 113 Å². The van der Waals surface area contributed by atoms with Gasteiger partial charge >= 0.3 is 0 Å². The Bertz CT molecular complexity index is 499. The highest BCUT2D eigenvalue weighted by Crippen LogP contribution is 2.25. The topological polar surface area (TPSA) is 38.9 Å². The minimum atomic E-state index is 0.0235. The zero-order chi connectivity index (χ0) is 13.0. The molecule has 0 aliphatic carbocycles. The first-order chi connectivity index (χ1) is 8.68. The highest BCUT2D eigenvalue weighted by Gasteiger charge is 2.16. The molecule has 0 bridgehead atoms. The van der Waals surface area contributed by atoms with Gasteiger partial charge in [0.2, 0.25) is 0 Å². The number of nitrogens with zero attached hydrogens (tertiary/aromatic N) is 1. The summed E-state index contributed by atoms with van der Waals surface area (Å²) in [6, 6.07) is 12.1. The highest BCUT2D eigenvalue weighted by atomic mass is 35.5. The quantitative estimate of drug-likeness (QED) is 0.912. The molecule has 2 N–H and O–H groups in total. The van der Waals surface area contributed by atoms with E-state index in [0.717, 1.165) is 17.5 Å². The zero-order valence-electron chi connectivity index (χ0n) is 10.4. The Hall–Kier alpha value is -1.38. The van der Waals surface area contributed by atoms with Crippen LogP contribution >= 0.6 is 11.6 Å². The first kappa shape index (κ1) is 13.1. The summed E-state index contributed by atoms with van der Waals surface area (Å²) in [6.45, 7) is 2.15. The van der Waals surface area contributed by atoms with Crippen molar-refractivity contribution in [1.82, 2.24) is 4.98 Å². The molecule has 2 unspecified atom stereocenters. The molecule has 0 saturated carbocycles. The van der Waals surface area contributed by atoms with E-state index in [4.69, 9.17) is 17.3 Å². The standard InChI is InChI=1S/C15H17ClN2/c1-11(9-13-7-8-18-10-14(13)16)15(17)12-5-3-2-4-6-12/h2-8,10-11,15H,9,17H2,1H3. The molecule has 2 rings (SSSR count). The molecule has 18 heavy (non-hydrogen) atoms. The van der Waals surface area contributed by atoms with Crippen molar-refractivity contribution in [2.24, 2.45) is 11.7 Å². The molecule has 1 aromatic carbocycles. The Kier molecular flexibility index (Phi) is 4.34. The van der Waals surface area contributed by atoms with Gasteiger partial charge in [0.1, 0.15) is 0 Å². The molecule has 0 aliphatic heterocycles. The first-order valence-corrected chi connectivity index (χ1v) is 6.45. The molecule has 0 aliphatic rings. The monoisotopic (exact) mass is 260 g/mol. The molecule has 94 valence electrons. The molecule has 2 aromatic rings. The van der Waals surface area contributed by atoms with E-state index >= 15 is 0 Å². The Morgan fingerprint density at radius 1 is 1.22 bits per heavy atom. The molecular weight excluding hydrogens is 244 g/mol. The highest BCUT2D eigenvalue weighted by molar-refractivity contribution is 6.31. The maximum atomic E-state index is 6.28. The fourth-order valence-electron chi connectivity index (χ4n) is 2.05. The largest absolute Gasteiger partial charge is 0.324 e. The van der Waals surface area contributed by atoms with Crippen LogP contribution in [0.5, 0.6) is 0 Å². The molecule has 3 heteroatoms. The number of hydrogen-bond acceptors (Lipinski definition) is 2. The molecule has 0 spiro atoms. The van der Waals surface area contributed by atoms with Crippen LogP contribution in [0, 0.1) is 5.92 Å². The second-order valence-corrected chi connectivity index (χ2v) is 4.99. The molecular formula is C15H17ClN2. The van der Waals surface area contributed by atoms with Gasteiger partial charge in [0.15, 0.2) is 0 Å². The predicted octanol–water partition coefficient (Wildman–Crippen LogP) is 3.61. The van der Waals surface area contributed by atoms with Crippen LogP contribution in [-0.2, 0) is 6.42 Å². The minimum Gasteiger partial charge on any atom is -0.324 e. The molecule has 0 saturated heterocycles. The summed E-state index contributed by atoms with van der Waals surface area (Å²) >= 11 is 6.12. The Balaban J connectivity index is 2.09. The van der Waals surface area contributed by atoms with Crippen LogP contribution < -0.4 is 5.73 Å². The third-order valence-electron chi connectivity index (χ3n) is 3.20. The summed E-state index contributed by atoms with van der Waals surface area (Å²) in [6.07, 6.45) is 4.30. The van der Waals surface area contributed by atoms with Gasteiger partial charge in [-0.3, -0.25) is 4.98 Å². The minimum absolute atomic E-state index is 0.0235. The number of rotatable bonds is 4. The number of benzene rings is 1. The molecule has 2 nitrogen and oxygen atoms in total. The summed E-state index contributed by atoms with van der Waals surface area (Å²) in [7, 11) is 0. The van der Waals surface area contributed by atoms with Gasteiger partial charge in [-0.15, -0.1) is 0 Å². The van der Waals surface area contributed by atoms with E-state index in [1.807, 2.05) is 24.3 Å². The molecule has 1 aromatic heterocycles. The van der Waals surface area contributed by atoms with Crippen molar-refractivity contribution in [2.75, 3.05) is 0 Å². The van der Waals surface area contributed by atoms with E-state index in [1.54, 1.807) is 12.4 Å². The van der Waals surface area contributed by atoms with Crippen LogP contribution in [-0.4, -0.2) is 4.98 Å². The van der Waals surface area contributed by atoms with Crippen LogP contribution in [0.15, 0.2) is 48.8 Å². The lowest BCUT2D eigenvalue weighted by Crippen LogP contribution is -2.21. The fraction of sp³-hybridized carbons (Fsp3) is 0.267. The number of pyridine rings is 1. The summed E-state index contributed by atoms with van der Waals surface area (Å²) in [4.78, 5) is 3.99. The van der Waals surface area contributed by atoms with Gasteiger partial charge in [-0.05, 0) is 29.5 Å². The van der Waals surface area contributed by atoms with Gasteiger partial charge < -0.3 is 5.73 Å². The van der Waals surface area contributed by atoms with Crippen molar-refractivity contribution >= 4 is 11.6 Å². The lowest BCUT2D eigenvalue weighted by atomic mass is 9.90. The van der Waals surface area contributed by atoms with E-state index in [9.17, 15) is 0 Å². The van der Waals surface area contributed by atoms with E-state index < -0.39 is 0 Å². The summed E-state index contributed by atoms with van der Waals surface area (Å²) in [5.41, 5.74) is 8.54. The smallest absolute Gasteiger partial charge is 0.0621 e. The van der Waals surface area contributed by atoms with E-state index in [-0.39, 0.29) is 6.04 Å². The van der Waals surface area contributed by atoms with E-state index in [1.165, 1.54) is 0 Å². The number of aromatic nitrogens is 1. The van der Waals surface area contributed by atoms with Gasteiger partial charge in [-0.1, -0.05) is 48.9 Å². The van der Waals surface area contributed by atoms with Crippen molar-refractivity contribution in [3.05, 3.63) is 64.9 Å². The third-order valence-corrected chi connectivity index (χ3v) is 3.54. The lowest BCUT2D eigenvalue weighted by molar-refractivity contribution is 0.468. The Morgan fingerprint density at radius 2 is 1.94 bits per heavy atom. The zero-order valence-corrected chi connectivity index (χ0v) is 11.1. The van der Waals surface area contributed by atoms with Crippen LogP contribution in [0.1, 0.15) is 24.1 Å². The molecule has 2 atom stereocenters. The summed E-state index contributed by atoms with van der Waals surface area (Å²) < 4.78 is 0. The van der Waals surface area contributed by atoms with Gasteiger partial charge in [-0.2, -0.15) is 0 Å². The van der Waals surface area contributed by atoms with Crippen molar-refractivity contribution in [3.8, 4) is 0 Å². The predicted molar refractivity (Wildman–Crippen MR) is 75.5 cm³/mol. The number of nitrogens with two attached hydrogens (primary N) is 1. The maximum absolute atomic E-state index is 6.28. The van der Waals surface area contributed by atoms with Crippen molar-refractivity contribution in [2.45, 2.75) is 19.4 Å². The summed E-state index contributed by atoms with van der Waals surface area (Å²) in [5, 5.41) is 0.713. The average molecular weight is 261 g/mol. The van der Waals surface area contributed by atoms with E-state index in [0.29, 0.717) is 10.9 Å². The first-order valence-electron chi connectivity index (χ1n) is 6.07. The van der Waals surface area contributed by atoms with E-state index in [2.05, 4.69) is 24.0 Å². The average Bonchev–Trinajstić information content (AvgIpc) is 2.41. The molecule has 0 fully saturated rings. The van der Waals surface area contributed by atoms with Gasteiger partial charge in [-0.25, -0.2) is 0 Å². The van der Waals surface area contributed by atoms with Gasteiger partial charge in [0.25, 0.3) is 0 Å². The lowest BCUT2D eigenvalue weighted by Gasteiger charge is -2.20. The van der Waals surface area contributed by atoms with Crippen LogP contribution in [0.3, 0.4) is 0 Å². The Morgan fingerprint density at radius 3 is 2.61 bits per heavy atom. The fourth-order valence-corrected chi connectivity index (χ4v) is 2.24. The van der Waals surface area contributed by atoms with Gasteiger partial charge in [0, 0.05) is 18.4 Å². The molecule has 0 amide bonds. The van der Waals surface area contributed by atoms with Crippen LogP contribution in [0.4, 0.5) is 0 Å². The normalized spacial score (nSPS) is 14.2. The SMILES string of the molecule is CC(Cc1ccncc1Cl)C(N)c1ccccc1. The number of hydrogen-bond donors (Lipinski definition) is 1. The van der Waals surface area contributed by atoms with Gasteiger partial charge in [0.05, 0.1) is 5.02 Å².